The third-order valence-electron chi connectivity index (χ3n) is 1.81. The van der Waals surface area contributed by atoms with Crippen LogP contribution in [0.15, 0.2) is 10.9 Å². The van der Waals surface area contributed by atoms with Crippen LogP contribution in [0, 0.1) is 6.92 Å². The van der Waals surface area contributed by atoms with Gasteiger partial charge in [0, 0.05) is 5.56 Å². The van der Waals surface area contributed by atoms with Crippen LogP contribution in [0.25, 0.3) is 0 Å². The highest BCUT2D eigenvalue weighted by Crippen LogP contribution is 2.24. The van der Waals surface area contributed by atoms with Crippen molar-refractivity contribution in [2.45, 2.75) is 13.3 Å². The molecule has 17 heavy (non-hydrogen) atoms. The number of hydrogen-bond donors (Lipinski definition) is 1. The third kappa shape index (κ3) is 3.23. The van der Waals surface area contributed by atoms with Gasteiger partial charge < -0.3 is 9.47 Å². The molecule has 0 unspecified atom stereocenters. The number of carbonyl (C=O) groups excluding carboxylic acids is 1. The summed E-state index contributed by atoms with van der Waals surface area (Å²) in [4.78, 5) is 24.1. The van der Waals surface area contributed by atoms with Crippen molar-refractivity contribution in [3.8, 4) is 5.88 Å². The minimum Gasteiger partial charge on any atom is -0.465 e. The molecule has 1 N–H and O–H groups in total. The largest absolute Gasteiger partial charge is 0.574 e. The van der Waals surface area contributed by atoms with Crippen LogP contribution in [0.4, 0.5) is 13.2 Å². The van der Waals surface area contributed by atoms with E-state index in [4.69, 9.17) is 0 Å². The van der Waals surface area contributed by atoms with Crippen molar-refractivity contribution in [1.82, 2.24) is 4.98 Å². The fourth-order valence-electron chi connectivity index (χ4n) is 1.07. The summed E-state index contributed by atoms with van der Waals surface area (Å²) in [5, 5.41) is 0. The fraction of sp³-hybridized carbons (Fsp3) is 0.333. The number of hydrogen-bond acceptors (Lipinski definition) is 4. The van der Waals surface area contributed by atoms with E-state index in [0.29, 0.717) is 0 Å². The second kappa shape index (κ2) is 4.48. The van der Waals surface area contributed by atoms with E-state index in [9.17, 15) is 22.8 Å². The molecule has 0 saturated carbocycles. The van der Waals surface area contributed by atoms with Gasteiger partial charge in [-0.15, -0.1) is 13.2 Å². The molecule has 0 fully saturated rings. The Morgan fingerprint density at radius 3 is 2.47 bits per heavy atom. The zero-order chi connectivity index (χ0) is 13.2. The zero-order valence-corrected chi connectivity index (χ0v) is 8.84. The third-order valence-corrected chi connectivity index (χ3v) is 1.81. The standard InChI is InChI=1S/C9H8F3NO4/c1-4-3-5(8(15)16-2)7(13-6(4)14)17-9(10,11)12/h3H,1-2H3,(H,13,14). The van der Waals surface area contributed by atoms with E-state index in [1.54, 1.807) is 0 Å². The van der Waals surface area contributed by atoms with E-state index in [-0.39, 0.29) is 5.56 Å². The summed E-state index contributed by atoms with van der Waals surface area (Å²) < 4.78 is 43.9. The number of rotatable bonds is 2. The molecule has 1 rings (SSSR count). The van der Waals surface area contributed by atoms with Crippen molar-refractivity contribution in [2.24, 2.45) is 0 Å². The molecule has 0 amide bonds. The van der Waals surface area contributed by atoms with Gasteiger partial charge in [-0.25, -0.2) is 4.79 Å². The van der Waals surface area contributed by atoms with Gasteiger partial charge in [0.05, 0.1) is 7.11 Å². The Hall–Kier alpha value is -1.99. The molecule has 8 heteroatoms. The van der Waals surface area contributed by atoms with Crippen molar-refractivity contribution in [1.29, 1.82) is 0 Å². The quantitative estimate of drug-likeness (QED) is 0.806. The van der Waals surface area contributed by atoms with Crippen molar-refractivity contribution in [2.75, 3.05) is 7.11 Å². The molecule has 94 valence electrons. The van der Waals surface area contributed by atoms with Gasteiger partial charge >= 0.3 is 12.3 Å². The summed E-state index contributed by atoms with van der Waals surface area (Å²) in [6, 6.07) is 0.964. The molecule has 1 heterocycles. The number of pyridine rings is 1. The summed E-state index contributed by atoms with van der Waals surface area (Å²) in [7, 11) is 1.00. The summed E-state index contributed by atoms with van der Waals surface area (Å²) in [5.41, 5.74) is -1.21. The summed E-state index contributed by atoms with van der Waals surface area (Å²) >= 11 is 0. The van der Waals surface area contributed by atoms with E-state index in [0.717, 1.165) is 13.2 Å². The molecule has 0 bridgehead atoms. The van der Waals surface area contributed by atoms with Crippen molar-refractivity contribution < 1.29 is 27.4 Å². The van der Waals surface area contributed by atoms with Crippen LogP contribution in [-0.2, 0) is 4.74 Å². The Morgan fingerprint density at radius 1 is 1.41 bits per heavy atom. The molecular formula is C9H8F3NO4. The number of esters is 1. The van der Waals surface area contributed by atoms with Gasteiger partial charge in [-0.3, -0.25) is 9.78 Å². The van der Waals surface area contributed by atoms with E-state index >= 15 is 0 Å². The number of nitrogens with one attached hydrogen (secondary N) is 1. The number of methoxy groups -OCH3 is 1. The summed E-state index contributed by atoms with van der Waals surface area (Å²) in [5.74, 6) is -2.02. The summed E-state index contributed by atoms with van der Waals surface area (Å²) in [6.45, 7) is 1.34. The average molecular weight is 251 g/mol. The lowest BCUT2D eigenvalue weighted by Crippen LogP contribution is -2.23. The maximum absolute atomic E-state index is 12.0. The number of aryl methyl sites for hydroxylation is 1. The minimum absolute atomic E-state index is 0.0694. The topological polar surface area (TPSA) is 68.4 Å². The number of halogens is 3. The highest BCUT2D eigenvalue weighted by Gasteiger charge is 2.34. The molecular weight excluding hydrogens is 243 g/mol. The van der Waals surface area contributed by atoms with Crippen LogP contribution < -0.4 is 10.3 Å². The van der Waals surface area contributed by atoms with Gasteiger partial charge in [-0.1, -0.05) is 0 Å². The SMILES string of the molecule is COC(=O)c1cc(C)c(=O)[nH]c1OC(F)(F)F. The predicted octanol–water partition coefficient (Wildman–Crippen LogP) is 1.37. The van der Waals surface area contributed by atoms with Gasteiger partial charge in [0.15, 0.2) is 0 Å². The van der Waals surface area contributed by atoms with Crippen LogP contribution >= 0.6 is 0 Å². The Labute approximate surface area is 93.2 Å². The van der Waals surface area contributed by atoms with E-state index in [2.05, 4.69) is 9.47 Å². The Balaban J connectivity index is 3.31. The Bertz CT molecular complexity index is 492. The molecule has 5 nitrogen and oxygen atoms in total. The number of H-pyrrole nitrogens is 1. The Morgan fingerprint density at radius 2 is 2.00 bits per heavy atom. The first-order chi connectivity index (χ1) is 7.74. The lowest BCUT2D eigenvalue weighted by molar-refractivity contribution is -0.276. The maximum atomic E-state index is 12.0. The number of aromatic amines is 1. The monoisotopic (exact) mass is 251 g/mol. The smallest absolute Gasteiger partial charge is 0.465 e. The molecule has 0 aliphatic heterocycles. The van der Waals surface area contributed by atoms with Gasteiger partial charge in [-0.2, -0.15) is 0 Å². The van der Waals surface area contributed by atoms with Crippen LogP contribution in [0.5, 0.6) is 5.88 Å². The number of ether oxygens (including phenoxy) is 2. The maximum Gasteiger partial charge on any atom is 0.574 e. The molecule has 0 radical (unpaired) electrons. The number of alkyl halides is 3. The Kier molecular flexibility index (Phi) is 3.45. The second-order valence-electron chi connectivity index (χ2n) is 3.06. The molecule has 1 aromatic rings. The highest BCUT2D eigenvalue weighted by molar-refractivity contribution is 5.91. The fourth-order valence-corrected chi connectivity index (χ4v) is 1.07. The van der Waals surface area contributed by atoms with Gasteiger partial charge in [-0.05, 0) is 13.0 Å². The first-order valence-corrected chi connectivity index (χ1v) is 4.32. The van der Waals surface area contributed by atoms with Gasteiger partial charge in [0.2, 0.25) is 5.88 Å². The highest BCUT2D eigenvalue weighted by atomic mass is 19.4. The predicted molar refractivity (Wildman–Crippen MR) is 49.8 cm³/mol. The number of carbonyl (C=O) groups is 1. The zero-order valence-electron chi connectivity index (χ0n) is 8.84. The average Bonchev–Trinajstić information content (AvgIpc) is 2.20. The number of aromatic nitrogens is 1. The molecule has 0 spiro atoms. The van der Waals surface area contributed by atoms with E-state index < -0.39 is 29.3 Å². The second-order valence-corrected chi connectivity index (χ2v) is 3.06. The van der Waals surface area contributed by atoms with Crippen molar-refractivity contribution >= 4 is 5.97 Å². The lowest BCUT2D eigenvalue weighted by Gasteiger charge is -2.11. The molecule has 0 aromatic carbocycles. The van der Waals surface area contributed by atoms with Crippen LogP contribution in [0.3, 0.4) is 0 Å². The van der Waals surface area contributed by atoms with Crippen LogP contribution in [0.1, 0.15) is 15.9 Å². The van der Waals surface area contributed by atoms with Gasteiger partial charge in [0.1, 0.15) is 5.56 Å². The minimum atomic E-state index is -5.01. The van der Waals surface area contributed by atoms with E-state index in [1.165, 1.54) is 6.92 Å². The van der Waals surface area contributed by atoms with Crippen LogP contribution in [-0.4, -0.2) is 24.4 Å². The normalized spacial score (nSPS) is 11.1. The van der Waals surface area contributed by atoms with E-state index in [1.807, 2.05) is 4.98 Å². The molecule has 0 aliphatic carbocycles. The molecule has 1 aromatic heterocycles. The van der Waals surface area contributed by atoms with Gasteiger partial charge in [0.25, 0.3) is 5.56 Å². The van der Waals surface area contributed by atoms with Crippen molar-refractivity contribution in [3.05, 3.63) is 27.5 Å². The molecule has 0 saturated heterocycles. The first kappa shape index (κ1) is 13.1. The lowest BCUT2D eigenvalue weighted by atomic mass is 10.2. The van der Waals surface area contributed by atoms with Crippen LogP contribution in [0.2, 0.25) is 0 Å². The molecule has 0 atom stereocenters. The molecule has 0 aliphatic rings. The van der Waals surface area contributed by atoms with Crippen molar-refractivity contribution in [3.63, 3.8) is 0 Å². The first-order valence-electron chi connectivity index (χ1n) is 4.32. The summed E-state index contributed by atoms with van der Waals surface area (Å²) in [6.07, 6.45) is -5.01.